The Morgan fingerprint density at radius 2 is 1.67 bits per heavy atom. The number of nitrogens with zero attached hydrogens (tertiary/aromatic N) is 1. The van der Waals surface area contributed by atoms with Gasteiger partial charge in [0, 0.05) is 19.0 Å². The summed E-state index contributed by atoms with van der Waals surface area (Å²) in [4.78, 5) is 14.2. The molecule has 5 aliphatic rings. The molecule has 1 saturated heterocycles. The number of hydrogen-bond donors (Lipinski definition) is 1. The summed E-state index contributed by atoms with van der Waals surface area (Å²) < 4.78 is 37.3. The fourth-order valence-corrected chi connectivity index (χ4v) is 6.19. The van der Waals surface area contributed by atoms with E-state index in [1.165, 1.54) is 37.0 Å². The van der Waals surface area contributed by atoms with Crippen LogP contribution in [0.15, 0.2) is 0 Å². The summed E-state index contributed by atoms with van der Waals surface area (Å²) >= 11 is 0. The molecule has 1 atom stereocenters. The third-order valence-electron chi connectivity index (χ3n) is 6.87. The second-order valence-electron chi connectivity index (χ2n) is 8.71. The van der Waals surface area contributed by atoms with Gasteiger partial charge in [-0.2, -0.15) is 13.2 Å². The van der Waals surface area contributed by atoms with Gasteiger partial charge in [0.25, 0.3) is 0 Å². The van der Waals surface area contributed by atoms with Crippen LogP contribution in [-0.4, -0.2) is 43.2 Å². The van der Waals surface area contributed by atoms with Gasteiger partial charge in [0.2, 0.25) is 5.91 Å². The van der Waals surface area contributed by atoms with Gasteiger partial charge in [-0.25, -0.2) is 0 Å². The van der Waals surface area contributed by atoms with E-state index in [4.69, 9.17) is 0 Å². The van der Waals surface area contributed by atoms with E-state index in [1.807, 2.05) is 0 Å². The topological polar surface area (TPSA) is 32.3 Å². The second kappa shape index (κ2) is 6.19. The smallest absolute Gasteiger partial charge is 0.356 e. The van der Waals surface area contributed by atoms with Gasteiger partial charge in [-0.3, -0.25) is 9.69 Å². The lowest BCUT2D eigenvalue weighted by molar-refractivity contribution is -0.144. The Hall–Kier alpha value is -0.780. The number of amides is 1. The van der Waals surface area contributed by atoms with Crippen LogP contribution < -0.4 is 5.32 Å². The van der Waals surface area contributed by atoms with E-state index < -0.39 is 12.7 Å². The molecule has 5 fully saturated rings. The van der Waals surface area contributed by atoms with Gasteiger partial charge in [-0.15, -0.1) is 0 Å². The van der Waals surface area contributed by atoms with Crippen molar-refractivity contribution >= 4 is 5.91 Å². The Morgan fingerprint density at radius 3 is 2.25 bits per heavy atom. The molecule has 4 aliphatic carbocycles. The van der Waals surface area contributed by atoms with E-state index in [1.54, 1.807) is 0 Å². The van der Waals surface area contributed by atoms with E-state index in [9.17, 15) is 18.0 Å². The van der Waals surface area contributed by atoms with Gasteiger partial charge in [0.1, 0.15) is 0 Å². The van der Waals surface area contributed by atoms with Crippen LogP contribution in [0, 0.1) is 35.5 Å². The summed E-state index contributed by atoms with van der Waals surface area (Å²) in [5.41, 5.74) is 0. The van der Waals surface area contributed by atoms with Crippen LogP contribution in [0.1, 0.15) is 38.5 Å². The number of likely N-dealkylation sites (tertiary alicyclic amines) is 1. The van der Waals surface area contributed by atoms with Crippen LogP contribution in [0.5, 0.6) is 0 Å². The van der Waals surface area contributed by atoms with Crippen molar-refractivity contribution in [1.29, 1.82) is 0 Å². The first kappa shape index (κ1) is 16.7. The molecule has 0 spiro atoms. The van der Waals surface area contributed by atoms with Crippen LogP contribution in [0.2, 0.25) is 0 Å². The molecule has 0 radical (unpaired) electrons. The van der Waals surface area contributed by atoms with Crippen molar-refractivity contribution in [2.75, 3.05) is 26.2 Å². The van der Waals surface area contributed by atoms with Crippen LogP contribution in [0.4, 0.5) is 13.2 Å². The van der Waals surface area contributed by atoms with Crippen molar-refractivity contribution in [3.63, 3.8) is 0 Å². The Kier molecular flexibility index (Phi) is 4.30. The van der Waals surface area contributed by atoms with Gasteiger partial charge >= 0.3 is 6.18 Å². The Labute approximate surface area is 141 Å². The van der Waals surface area contributed by atoms with Crippen molar-refractivity contribution in [2.24, 2.45) is 35.5 Å². The van der Waals surface area contributed by atoms with Crippen molar-refractivity contribution in [3.8, 4) is 0 Å². The fourth-order valence-electron chi connectivity index (χ4n) is 6.19. The van der Waals surface area contributed by atoms with E-state index in [0.717, 1.165) is 18.3 Å². The van der Waals surface area contributed by atoms with Gasteiger partial charge in [-0.1, -0.05) is 0 Å². The molecule has 4 saturated carbocycles. The van der Waals surface area contributed by atoms with E-state index in [-0.39, 0.29) is 17.7 Å². The van der Waals surface area contributed by atoms with Crippen LogP contribution >= 0.6 is 0 Å². The number of nitrogens with one attached hydrogen (secondary N) is 1. The highest BCUT2D eigenvalue weighted by atomic mass is 19.4. The molecule has 1 heterocycles. The molecule has 1 amide bonds. The summed E-state index contributed by atoms with van der Waals surface area (Å²) in [6.07, 6.45) is 2.86. The molecule has 1 N–H and O–H groups in total. The monoisotopic (exact) mass is 344 g/mol. The first-order valence-corrected chi connectivity index (χ1v) is 9.44. The minimum atomic E-state index is -4.13. The van der Waals surface area contributed by atoms with Crippen LogP contribution in [0.3, 0.4) is 0 Å². The molecular formula is C18H27F3N2O. The molecule has 0 aromatic rings. The summed E-state index contributed by atoms with van der Waals surface area (Å²) in [6.45, 7) is 0.641. The predicted octanol–water partition coefficient (Wildman–Crippen LogP) is 3.06. The zero-order valence-corrected chi connectivity index (χ0v) is 14.0. The molecule has 6 heteroatoms. The first-order valence-electron chi connectivity index (χ1n) is 9.44. The molecule has 5 rings (SSSR count). The predicted molar refractivity (Wildman–Crippen MR) is 84.1 cm³/mol. The maximum atomic E-state index is 12.7. The third kappa shape index (κ3) is 3.44. The Balaban J connectivity index is 1.26. The van der Waals surface area contributed by atoms with E-state index >= 15 is 0 Å². The standard InChI is InChI=1S/C18H27F3N2O/c19-18(20,21)10-23-2-1-11(9-23)8-22-17(24)16-14-4-12-3-13(6-14)7-15(16)5-12/h11-16H,1-10H2,(H,22,24)/t11-,12?,13?,14?,15?,16?/m0/s1. The van der Waals surface area contributed by atoms with Crippen molar-refractivity contribution in [2.45, 2.75) is 44.7 Å². The Morgan fingerprint density at radius 1 is 1.04 bits per heavy atom. The lowest BCUT2D eigenvalue weighted by Crippen LogP contribution is -2.51. The second-order valence-corrected chi connectivity index (χ2v) is 8.71. The van der Waals surface area contributed by atoms with Gasteiger partial charge in [0.15, 0.2) is 0 Å². The first-order chi connectivity index (χ1) is 11.4. The molecule has 0 aromatic heterocycles. The number of hydrogen-bond acceptors (Lipinski definition) is 2. The maximum absolute atomic E-state index is 12.7. The maximum Gasteiger partial charge on any atom is 0.401 e. The number of alkyl halides is 3. The van der Waals surface area contributed by atoms with Crippen molar-refractivity contribution < 1.29 is 18.0 Å². The third-order valence-corrected chi connectivity index (χ3v) is 6.87. The zero-order chi connectivity index (χ0) is 16.9. The molecule has 0 aromatic carbocycles. The lowest BCUT2D eigenvalue weighted by atomic mass is 9.51. The number of rotatable bonds is 4. The van der Waals surface area contributed by atoms with Crippen molar-refractivity contribution in [1.82, 2.24) is 10.2 Å². The largest absolute Gasteiger partial charge is 0.401 e. The molecule has 4 bridgehead atoms. The van der Waals surface area contributed by atoms with Crippen LogP contribution in [-0.2, 0) is 4.79 Å². The molecule has 3 nitrogen and oxygen atoms in total. The SMILES string of the molecule is O=C(NC[C@@H]1CCN(CC(F)(F)F)C1)C1C2CC3CC(C2)CC1C3. The van der Waals surface area contributed by atoms with Gasteiger partial charge in [-0.05, 0) is 74.7 Å². The summed E-state index contributed by atoms with van der Waals surface area (Å²) in [7, 11) is 0. The quantitative estimate of drug-likeness (QED) is 0.850. The highest BCUT2D eigenvalue weighted by Gasteiger charge is 2.50. The molecular weight excluding hydrogens is 317 g/mol. The number of carbonyl (C=O) groups excluding carboxylic acids is 1. The summed E-state index contributed by atoms with van der Waals surface area (Å²) in [6, 6.07) is 0. The van der Waals surface area contributed by atoms with Gasteiger partial charge in [0.05, 0.1) is 6.54 Å². The lowest BCUT2D eigenvalue weighted by Gasteiger charge is -2.53. The molecule has 24 heavy (non-hydrogen) atoms. The van der Waals surface area contributed by atoms with E-state index in [2.05, 4.69) is 5.32 Å². The van der Waals surface area contributed by atoms with Crippen LogP contribution in [0.25, 0.3) is 0 Å². The highest BCUT2D eigenvalue weighted by molar-refractivity contribution is 5.79. The molecule has 136 valence electrons. The number of halogens is 3. The summed E-state index contributed by atoms with van der Waals surface area (Å²) in [5.74, 6) is 3.33. The minimum Gasteiger partial charge on any atom is -0.356 e. The Bertz CT molecular complexity index is 465. The normalized spacial score (nSPS) is 41.8. The van der Waals surface area contributed by atoms with Gasteiger partial charge < -0.3 is 5.32 Å². The molecule has 1 aliphatic heterocycles. The van der Waals surface area contributed by atoms with E-state index in [0.29, 0.717) is 31.5 Å². The minimum absolute atomic E-state index is 0.160. The average Bonchev–Trinajstić information content (AvgIpc) is 2.89. The number of carbonyl (C=O) groups is 1. The molecule has 0 unspecified atom stereocenters. The zero-order valence-electron chi connectivity index (χ0n) is 14.0. The van der Waals surface area contributed by atoms with Crippen molar-refractivity contribution in [3.05, 3.63) is 0 Å². The fraction of sp³-hybridized carbons (Fsp3) is 0.944. The average molecular weight is 344 g/mol. The highest BCUT2D eigenvalue weighted by Crippen LogP contribution is 2.56. The summed E-state index contributed by atoms with van der Waals surface area (Å²) in [5, 5.41) is 3.09.